The Kier molecular flexibility index (Phi) is 3.16. The molecular formula is C18H14NO4-. The maximum Gasteiger partial charge on any atom is 0.231 e. The van der Waals surface area contributed by atoms with Crippen LogP contribution in [-0.2, 0) is 14.3 Å². The molecule has 116 valence electrons. The first-order valence-electron chi connectivity index (χ1n) is 7.48. The van der Waals surface area contributed by atoms with Gasteiger partial charge in [-0.3, -0.25) is 4.79 Å². The molecule has 1 fully saturated rings. The number of benzene rings is 2. The number of hydrogen-bond donors (Lipinski definition) is 1. The molecule has 1 amide bonds. The van der Waals surface area contributed by atoms with Crippen LogP contribution in [0.15, 0.2) is 54.6 Å². The lowest BCUT2D eigenvalue weighted by atomic mass is 9.82. The van der Waals surface area contributed by atoms with Crippen LogP contribution in [0.1, 0.15) is 0 Å². The molecule has 0 aromatic heterocycles. The third-order valence-electron chi connectivity index (χ3n) is 4.49. The number of hydrogen-bond acceptors (Lipinski definition) is 4. The first-order chi connectivity index (χ1) is 11.1. The number of fused-ring (bicyclic) bond motifs is 3. The zero-order chi connectivity index (χ0) is 16.0. The summed E-state index contributed by atoms with van der Waals surface area (Å²) < 4.78 is 5.50. The number of carboxylic acid groups (broad SMARTS) is 1. The van der Waals surface area contributed by atoms with Crippen LogP contribution in [0.2, 0.25) is 0 Å². The third-order valence-corrected chi connectivity index (χ3v) is 4.49. The van der Waals surface area contributed by atoms with Crippen molar-refractivity contribution >= 4 is 28.3 Å². The molecule has 1 saturated heterocycles. The van der Waals surface area contributed by atoms with Crippen LogP contribution >= 0.6 is 0 Å². The predicted octanol–water partition coefficient (Wildman–Crippen LogP) is 1.10. The summed E-state index contributed by atoms with van der Waals surface area (Å²) in [6.45, 7) is 0. The number of rotatable bonds is 3. The molecular weight excluding hydrogens is 294 g/mol. The fraction of sp³-hybridized carbons (Fsp3) is 0.222. The summed E-state index contributed by atoms with van der Waals surface area (Å²) in [5.74, 6) is -3.31. The Balaban J connectivity index is 1.59. The van der Waals surface area contributed by atoms with Gasteiger partial charge in [-0.2, -0.15) is 0 Å². The molecule has 5 heteroatoms. The van der Waals surface area contributed by atoms with Crippen molar-refractivity contribution in [1.82, 2.24) is 0 Å². The molecule has 0 radical (unpaired) electrons. The van der Waals surface area contributed by atoms with Crippen LogP contribution in [0.3, 0.4) is 0 Å². The highest BCUT2D eigenvalue weighted by atomic mass is 16.5. The van der Waals surface area contributed by atoms with E-state index in [-0.39, 0.29) is 5.91 Å². The molecule has 2 aromatic rings. The van der Waals surface area contributed by atoms with E-state index in [4.69, 9.17) is 4.74 Å². The van der Waals surface area contributed by atoms with Gasteiger partial charge in [0.1, 0.15) is 0 Å². The minimum absolute atomic E-state index is 0.355. The molecule has 1 N–H and O–H groups in total. The summed E-state index contributed by atoms with van der Waals surface area (Å²) in [6, 6.07) is 13.4. The Morgan fingerprint density at radius 2 is 1.65 bits per heavy atom. The second-order valence-corrected chi connectivity index (χ2v) is 5.87. The van der Waals surface area contributed by atoms with Crippen LogP contribution < -0.4 is 10.4 Å². The summed E-state index contributed by atoms with van der Waals surface area (Å²) in [5.41, 5.74) is 0.637. The Morgan fingerprint density at radius 3 is 2.39 bits per heavy atom. The van der Waals surface area contributed by atoms with Gasteiger partial charge in [-0.25, -0.2) is 0 Å². The number of aliphatic carboxylic acids is 1. The minimum atomic E-state index is -1.25. The molecule has 23 heavy (non-hydrogen) atoms. The van der Waals surface area contributed by atoms with Gasteiger partial charge in [0.05, 0.1) is 18.1 Å². The van der Waals surface area contributed by atoms with E-state index in [1.54, 1.807) is 18.2 Å². The average Bonchev–Trinajstić information content (AvgIpc) is 3.15. The molecule has 0 saturated carbocycles. The van der Waals surface area contributed by atoms with E-state index in [0.29, 0.717) is 5.69 Å². The van der Waals surface area contributed by atoms with Gasteiger partial charge in [0.25, 0.3) is 0 Å². The summed E-state index contributed by atoms with van der Waals surface area (Å²) in [6.07, 6.45) is 2.36. The first-order valence-corrected chi connectivity index (χ1v) is 7.48. The number of nitrogens with one attached hydrogen (secondary N) is 1. The third kappa shape index (κ3) is 2.29. The zero-order valence-corrected chi connectivity index (χ0v) is 12.1. The van der Waals surface area contributed by atoms with E-state index in [0.717, 1.165) is 10.8 Å². The SMILES string of the molecule is O=C([O-])[C@@H]1[C@@H](C(=O)Nc2ccc3ccccc3c2)[C@H]2C=C[C@@H]1O2. The van der Waals surface area contributed by atoms with Gasteiger partial charge >= 0.3 is 0 Å². The highest BCUT2D eigenvalue weighted by molar-refractivity contribution is 5.98. The van der Waals surface area contributed by atoms with Gasteiger partial charge in [0.2, 0.25) is 5.91 Å². The van der Waals surface area contributed by atoms with Gasteiger partial charge in [-0.1, -0.05) is 42.5 Å². The number of ether oxygens (including phenoxy) is 1. The molecule has 4 atom stereocenters. The number of amides is 1. The van der Waals surface area contributed by atoms with Crippen molar-refractivity contribution in [2.45, 2.75) is 12.2 Å². The lowest BCUT2D eigenvalue weighted by Gasteiger charge is -2.25. The van der Waals surface area contributed by atoms with E-state index in [1.165, 1.54) is 0 Å². The van der Waals surface area contributed by atoms with Crippen molar-refractivity contribution in [2.24, 2.45) is 11.8 Å². The van der Waals surface area contributed by atoms with Gasteiger partial charge in [0.15, 0.2) is 0 Å². The van der Waals surface area contributed by atoms with Crippen LogP contribution in [0, 0.1) is 11.8 Å². The summed E-state index contributed by atoms with van der Waals surface area (Å²) in [7, 11) is 0. The molecule has 2 aliphatic rings. The molecule has 2 heterocycles. The molecule has 2 aliphatic heterocycles. The van der Waals surface area contributed by atoms with Crippen molar-refractivity contribution in [1.29, 1.82) is 0 Å². The van der Waals surface area contributed by atoms with Crippen molar-refractivity contribution in [2.75, 3.05) is 5.32 Å². The quantitative estimate of drug-likeness (QED) is 0.861. The number of carboxylic acids is 1. The smallest absolute Gasteiger partial charge is 0.231 e. The number of anilines is 1. The second kappa shape index (κ2) is 5.21. The largest absolute Gasteiger partial charge is 0.550 e. The van der Waals surface area contributed by atoms with Crippen LogP contribution in [0.5, 0.6) is 0 Å². The standard InChI is InChI=1S/C18H15NO4/c20-17(15-13-7-8-14(23-13)16(15)18(21)22)19-12-6-5-10-3-1-2-4-11(10)9-12/h1-9,13-16H,(H,19,20)(H,21,22)/p-1/t13-,14+,15+,16+/m1/s1. The molecule has 4 rings (SSSR count). The van der Waals surface area contributed by atoms with Gasteiger partial charge < -0.3 is 20.0 Å². The average molecular weight is 308 g/mol. The van der Waals surface area contributed by atoms with E-state index in [1.807, 2.05) is 36.4 Å². The van der Waals surface area contributed by atoms with Crippen molar-refractivity contribution in [3.8, 4) is 0 Å². The lowest BCUT2D eigenvalue weighted by molar-refractivity contribution is -0.313. The van der Waals surface area contributed by atoms with Gasteiger partial charge in [-0.15, -0.1) is 0 Å². The normalized spacial score (nSPS) is 28.2. The molecule has 0 unspecified atom stereocenters. The Bertz CT molecular complexity index is 829. The number of carbonyl (C=O) groups is 2. The zero-order valence-electron chi connectivity index (χ0n) is 12.1. The lowest BCUT2D eigenvalue weighted by Crippen LogP contribution is -2.45. The van der Waals surface area contributed by atoms with Crippen LogP contribution in [0.25, 0.3) is 10.8 Å². The van der Waals surface area contributed by atoms with Gasteiger partial charge in [-0.05, 0) is 22.9 Å². The van der Waals surface area contributed by atoms with E-state index in [2.05, 4.69) is 5.32 Å². The Labute approximate surface area is 132 Å². The van der Waals surface area contributed by atoms with E-state index in [9.17, 15) is 14.7 Å². The van der Waals surface area contributed by atoms with E-state index >= 15 is 0 Å². The molecule has 5 nitrogen and oxygen atoms in total. The van der Waals surface area contributed by atoms with Crippen molar-refractivity contribution in [3.63, 3.8) is 0 Å². The second-order valence-electron chi connectivity index (χ2n) is 5.87. The maximum absolute atomic E-state index is 12.5. The molecule has 2 aromatic carbocycles. The monoisotopic (exact) mass is 308 g/mol. The Morgan fingerprint density at radius 1 is 0.957 bits per heavy atom. The fourth-order valence-electron chi connectivity index (χ4n) is 3.39. The minimum Gasteiger partial charge on any atom is -0.550 e. The molecule has 2 bridgehead atoms. The predicted molar refractivity (Wildman–Crippen MR) is 82.4 cm³/mol. The first kappa shape index (κ1) is 14.0. The highest BCUT2D eigenvalue weighted by Crippen LogP contribution is 2.39. The van der Waals surface area contributed by atoms with E-state index < -0.39 is 30.0 Å². The fourth-order valence-corrected chi connectivity index (χ4v) is 3.39. The Hall–Kier alpha value is -2.66. The van der Waals surface area contributed by atoms with Gasteiger partial charge in [0, 0.05) is 17.6 Å². The number of carbonyl (C=O) groups excluding carboxylic acids is 2. The topological polar surface area (TPSA) is 78.5 Å². The van der Waals surface area contributed by atoms with Crippen molar-refractivity contribution < 1.29 is 19.4 Å². The highest BCUT2D eigenvalue weighted by Gasteiger charge is 2.50. The molecule has 0 aliphatic carbocycles. The molecule has 0 spiro atoms. The summed E-state index contributed by atoms with van der Waals surface area (Å²) >= 11 is 0. The van der Waals surface area contributed by atoms with Crippen LogP contribution in [-0.4, -0.2) is 24.1 Å². The summed E-state index contributed by atoms with van der Waals surface area (Å²) in [4.78, 5) is 23.9. The van der Waals surface area contributed by atoms with Crippen LogP contribution in [0.4, 0.5) is 5.69 Å². The maximum atomic E-state index is 12.5. The summed E-state index contributed by atoms with van der Waals surface area (Å²) in [5, 5.41) is 16.2. The van der Waals surface area contributed by atoms with Crippen molar-refractivity contribution in [3.05, 3.63) is 54.6 Å².